The molecular formula is C23H31IN6O. The van der Waals surface area contributed by atoms with Crippen LogP contribution in [0.5, 0.6) is 0 Å². The molecule has 2 aromatic heterocycles. The van der Waals surface area contributed by atoms with E-state index in [1.807, 2.05) is 36.5 Å². The number of aryl methyl sites for hydroxylation is 1. The summed E-state index contributed by atoms with van der Waals surface area (Å²) < 4.78 is 2.06. The summed E-state index contributed by atoms with van der Waals surface area (Å²) in [6.07, 6.45) is 5.68. The number of rotatable bonds is 8. The number of hydrogen-bond acceptors (Lipinski definition) is 3. The number of guanidine groups is 1. The first-order chi connectivity index (χ1) is 14.6. The highest BCUT2D eigenvalue weighted by Gasteiger charge is 2.05. The smallest absolute Gasteiger partial charge is 0.251 e. The van der Waals surface area contributed by atoms with Crippen molar-refractivity contribution in [2.24, 2.45) is 4.99 Å². The highest BCUT2D eigenvalue weighted by atomic mass is 127. The molecule has 0 spiro atoms. The topological polar surface area (TPSA) is 82.8 Å². The van der Waals surface area contributed by atoms with Gasteiger partial charge >= 0.3 is 0 Å². The summed E-state index contributed by atoms with van der Waals surface area (Å²) in [4.78, 5) is 21.2. The number of carbonyl (C=O) groups is 1. The normalized spacial score (nSPS) is 11.1. The molecule has 0 aliphatic rings. The van der Waals surface area contributed by atoms with E-state index in [-0.39, 0.29) is 29.9 Å². The molecule has 1 amide bonds. The maximum atomic E-state index is 11.8. The van der Waals surface area contributed by atoms with Crippen molar-refractivity contribution in [3.8, 4) is 0 Å². The van der Waals surface area contributed by atoms with Gasteiger partial charge in [-0.1, -0.05) is 18.2 Å². The Morgan fingerprint density at radius 3 is 2.74 bits per heavy atom. The van der Waals surface area contributed by atoms with E-state index in [0.29, 0.717) is 12.1 Å². The molecule has 8 heteroatoms. The fourth-order valence-corrected chi connectivity index (χ4v) is 3.29. The number of aliphatic imine (C=N–C) groups is 1. The number of aromatic nitrogens is 2. The highest BCUT2D eigenvalue weighted by molar-refractivity contribution is 14.0. The predicted molar refractivity (Wildman–Crippen MR) is 137 cm³/mol. The number of nitrogens with one attached hydrogen (secondary N) is 3. The molecule has 0 saturated heterocycles. The van der Waals surface area contributed by atoms with Crippen molar-refractivity contribution in [3.63, 3.8) is 0 Å². The highest BCUT2D eigenvalue weighted by Crippen LogP contribution is 2.10. The van der Waals surface area contributed by atoms with Crippen molar-refractivity contribution in [1.29, 1.82) is 0 Å². The number of fused-ring (bicyclic) bond motifs is 1. The second-order valence-electron chi connectivity index (χ2n) is 7.12. The van der Waals surface area contributed by atoms with Gasteiger partial charge in [-0.2, -0.15) is 0 Å². The second-order valence-corrected chi connectivity index (χ2v) is 7.12. The third-order valence-electron chi connectivity index (χ3n) is 4.83. The Morgan fingerprint density at radius 1 is 1.16 bits per heavy atom. The predicted octanol–water partition coefficient (Wildman–Crippen LogP) is 2.96. The molecule has 0 unspecified atom stereocenters. The summed E-state index contributed by atoms with van der Waals surface area (Å²) in [5, 5.41) is 9.30. The number of nitrogens with zero attached hydrogens (tertiary/aromatic N) is 3. The minimum atomic E-state index is -0.0677. The number of benzene rings is 1. The van der Waals surface area contributed by atoms with Crippen molar-refractivity contribution < 1.29 is 4.79 Å². The monoisotopic (exact) mass is 534 g/mol. The fraction of sp³-hybridized carbons (Fsp3) is 0.348. The first kappa shape index (κ1) is 24.6. The molecule has 0 aliphatic carbocycles. The molecule has 166 valence electrons. The summed E-state index contributed by atoms with van der Waals surface area (Å²) >= 11 is 0. The average molecular weight is 534 g/mol. The number of hydrogen-bond donors (Lipinski definition) is 3. The largest absolute Gasteiger partial charge is 0.357 e. The molecule has 3 N–H and O–H groups in total. The zero-order valence-corrected chi connectivity index (χ0v) is 20.6. The van der Waals surface area contributed by atoms with Gasteiger partial charge in [0.1, 0.15) is 5.65 Å². The number of halogens is 1. The van der Waals surface area contributed by atoms with Crippen molar-refractivity contribution >= 4 is 41.5 Å². The Kier molecular flexibility index (Phi) is 9.77. The van der Waals surface area contributed by atoms with Gasteiger partial charge in [-0.3, -0.25) is 9.79 Å². The maximum Gasteiger partial charge on any atom is 0.251 e. The van der Waals surface area contributed by atoms with Gasteiger partial charge in [0.2, 0.25) is 0 Å². The van der Waals surface area contributed by atoms with Gasteiger partial charge in [0.05, 0.1) is 5.69 Å². The quantitative estimate of drug-likeness (QED) is 0.236. The third-order valence-corrected chi connectivity index (χ3v) is 4.83. The molecule has 7 nitrogen and oxygen atoms in total. The van der Waals surface area contributed by atoms with Crippen LogP contribution >= 0.6 is 24.0 Å². The van der Waals surface area contributed by atoms with Crippen LogP contribution < -0.4 is 16.0 Å². The summed E-state index contributed by atoms with van der Waals surface area (Å²) in [5.74, 6) is 0.724. The molecule has 0 aliphatic heterocycles. The van der Waals surface area contributed by atoms with Crippen molar-refractivity contribution in [2.75, 3.05) is 26.7 Å². The van der Waals surface area contributed by atoms with Crippen LogP contribution in [-0.2, 0) is 12.8 Å². The summed E-state index contributed by atoms with van der Waals surface area (Å²) in [7, 11) is 1.64. The van der Waals surface area contributed by atoms with Gasteiger partial charge < -0.3 is 20.4 Å². The summed E-state index contributed by atoms with van der Waals surface area (Å²) in [5.41, 5.74) is 5.00. The van der Waals surface area contributed by atoms with Crippen LogP contribution in [-0.4, -0.2) is 47.9 Å². The molecule has 0 atom stereocenters. The van der Waals surface area contributed by atoms with E-state index in [2.05, 4.69) is 51.5 Å². The van der Waals surface area contributed by atoms with E-state index < -0.39 is 0 Å². The zero-order valence-electron chi connectivity index (χ0n) is 18.3. The summed E-state index contributed by atoms with van der Waals surface area (Å²) in [6, 6.07) is 11.8. The molecule has 3 aromatic rings. The Morgan fingerprint density at radius 2 is 2.00 bits per heavy atom. The number of carbonyl (C=O) groups excluding carboxylic acids is 1. The molecule has 1 aromatic carbocycles. The van der Waals surface area contributed by atoms with Gasteiger partial charge in [-0.15, -0.1) is 24.0 Å². The lowest BCUT2D eigenvalue weighted by molar-refractivity contribution is 0.0963. The van der Waals surface area contributed by atoms with Crippen molar-refractivity contribution in [2.45, 2.75) is 26.7 Å². The molecule has 0 fully saturated rings. The second kappa shape index (κ2) is 12.3. The SMILES string of the molecule is CCNC(=NCCc1cn2cccc(C)c2n1)NCCc1cccc(C(=O)NC)c1.I. The van der Waals surface area contributed by atoms with E-state index in [9.17, 15) is 4.79 Å². The van der Waals surface area contributed by atoms with Crippen LogP contribution in [0.2, 0.25) is 0 Å². The zero-order chi connectivity index (χ0) is 21.3. The van der Waals surface area contributed by atoms with E-state index >= 15 is 0 Å². The van der Waals surface area contributed by atoms with Crippen molar-refractivity contribution in [1.82, 2.24) is 25.3 Å². The van der Waals surface area contributed by atoms with Crippen LogP contribution in [0, 0.1) is 6.92 Å². The molecule has 0 radical (unpaired) electrons. The van der Waals surface area contributed by atoms with Gasteiger partial charge in [0, 0.05) is 51.1 Å². The Balaban J connectivity index is 0.00000341. The van der Waals surface area contributed by atoms with E-state index in [4.69, 9.17) is 4.98 Å². The van der Waals surface area contributed by atoms with Crippen molar-refractivity contribution in [3.05, 3.63) is 71.2 Å². The lowest BCUT2D eigenvalue weighted by Crippen LogP contribution is -2.38. The van der Waals surface area contributed by atoms with Crippen LogP contribution in [0.4, 0.5) is 0 Å². The van der Waals surface area contributed by atoms with Gasteiger partial charge in [-0.25, -0.2) is 4.98 Å². The molecule has 0 saturated carbocycles. The van der Waals surface area contributed by atoms with E-state index in [1.54, 1.807) is 7.05 Å². The maximum absolute atomic E-state index is 11.8. The first-order valence-electron chi connectivity index (χ1n) is 10.4. The first-order valence-corrected chi connectivity index (χ1v) is 10.4. The Labute approximate surface area is 200 Å². The standard InChI is InChI=1S/C23H30N6O.HI/c1-4-25-23(26-12-10-18-8-5-9-19(15-18)22(30)24-3)27-13-11-20-16-29-14-6-7-17(2)21(29)28-20;/h5-9,14-16H,4,10-13H2,1-3H3,(H,24,30)(H2,25,26,27);1H. The van der Waals surface area contributed by atoms with Crippen LogP contribution in [0.1, 0.15) is 34.1 Å². The molecule has 0 bridgehead atoms. The average Bonchev–Trinajstić information content (AvgIpc) is 3.18. The molecule has 31 heavy (non-hydrogen) atoms. The van der Waals surface area contributed by atoms with Gasteiger partial charge in [-0.05, 0) is 49.6 Å². The molecule has 3 rings (SSSR count). The minimum Gasteiger partial charge on any atom is -0.357 e. The van der Waals surface area contributed by atoms with Crippen LogP contribution in [0.15, 0.2) is 53.8 Å². The fourth-order valence-electron chi connectivity index (χ4n) is 3.29. The lowest BCUT2D eigenvalue weighted by Gasteiger charge is -2.11. The number of imidazole rings is 1. The minimum absolute atomic E-state index is 0. The lowest BCUT2D eigenvalue weighted by atomic mass is 10.1. The molecular weight excluding hydrogens is 503 g/mol. The number of pyridine rings is 1. The van der Waals surface area contributed by atoms with Gasteiger partial charge in [0.15, 0.2) is 5.96 Å². The number of amides is 1. The van der Waals surface area contributed by atoms with Crippen LogP contribution in [0.3, 0.4) is 0 Å². The molecule has 2 heterocycles. The third kappa shape index (κ3) is 6.95. The Hall–Kier alpha value is -2.62. The van der Waals surface area contributed by atoms with E-state index in [0.717, 1.165) is 48.8 Å². The van der Waals surface area contributed by atoms with Gasteiger partial charge in [0.25, 0.3) is 5.91 Å². The van der Waals surface area contributed by atoms with Crippen LogP contribution in [0.25, 0.3) is 5.65 Å². The Bertz CT molecular complexity index is 1030. The van der Waals surface area contributed by atoms with E-state index in [1.165, 1.54) is 5.56 Å². The summed E-state index contributed by atoms with van der Waals surface area (Å²) in [6.45, 7) is 6.31.